The Bertz CT molecular complexity index is 735. The van der Waals surface area contributed by atoms with Crippen molar-refractivity contribution in [1.29, 1.82) is 0 Å². The van der Waals surface area contributed by atoms with Gasteiger partial charge in [0.25, 0.3) is 0 Å². The van der Waals surface area contributed by atoms with E-state index in [0.717, 1.165) is 21.8 Å². The summed E-state index contributed by atoms with van der Waals surface area (Å²) >= 11 is 1.40. The average Bonchev–Trinajstić information content (AvgIpc) is 2.76. The molecular weight excluding hydrogens is 312 g/mol. The molecule has 2 heterocycles. The maximum absolute atomic E-state index is 11.5. The molecule has 122 valence electrons. The van der Waals surface area contributed by atoms with Gasteiger partial charge in [0.05, 0.1) is 17.4 Å². The van der Waals surface area contributed by atoms with Crippen LogP contribution in [0.5, 0.6) is 0 Å². The lowest BCUT2D eigenvalue weighted by molar-refractivity contribution is -0.119. The first-order valence-corrected chi connectivity index (χ1v) is 7.92. The Morgan fingerprint density at radius 1 is 1.43 bits per heavy atom. The minimum Gasteiger partial charge on any atom is -0.370 e. The number of aryl methyl sites for hydroxylation is 2. The molecule has 1 unspecified atom stereocenters. The van der Waals surface area contributed by atoms with Gasteiger partial charge in [-0.1, -0.05) is 11.3 Å². The van der Waals surface area contributed by atoms with Crippen molar-refractivity contribution in [2.75, 3.05) is 0 Å². The fourth-order valence-corrected chi connectivity index (χ4v) is 3.17. The number of aliphatic imine (C=N–C) groups is 1. The third-order valence-electron chi connectivity index (χ3n) is 3.17. The van der Waals surface area contributed by atoms with Crippen LogP contribution >= 0.6 is 11.3 Å². The minimum absolute atomic E-state index is 0.0240. The topological polar surface area (TPSA) is 119 Å². The number of pyridine rings is 1. The number of nitrogens with one attached hydrogen (secondary N) is 1. The number of rotatable bonds is 5. The fraction of sp³-hybridized carbons (Fsp3) is 0.333. The molecule has 0 bridgehead atoms. The predicted molar refractivity (Wildman–Crippen MR) is 91.6 cm³/mol. The Hall–Kier alpha value is -2.48. The van der Waals surface area contributed by atoms with E-state index in [9.17, 15) is 4.79 Å². The number of hydrogen-bond acceptors (Lipinski definition) is 5. The van der Waals surface area contributed by atoms with Crippen molar-refractivity contribution in [1.82, 2.24) is 15.3 Å². The third kappa shape index (κ3) is 4.75. The van der Waals surface area contributed by atoms with Crippen LogP contribution in [-0.4, -0.2) is 21.8 Å². The molecule has 0 aromatic carbocycles. The number of guanidine groups is 1. The number of hydrogen-bond donors (Lipinski definition) is 3. The van der Waals surface area contributed by atoms with Gasteiger partial charge in [0.15, 0.2) is 5.96 Å². The SMILES string of the molecule is CC(=O)NC(Cc1sc(N=C(N)N)nc1C)c1cc(C)ccn1. The Kier molecular flexibility index (Phi) is 5.28. The summed E-state index contributed by atoms with van der Waals surface area (Å²) in [6, 6.07) is 3.66. The largest absolute Gasteiger partial charge is 0.370 e. The van der Waals surface area contributed by atoms with Gasteiger partial charge in [-0.05, 0) is 31.5 Å². The molecule has 2 aromatic heterocycles. The monoisotopic (exact) mass is 332 g/mol. The molecule has 0 saturated carbocycles. The first kappa shape index (κ1) is 16.9. The molecule has 1 amide bonds. The van der Waals surface area contributed by atoms with E-state index in [4.69, 9.17) is 11.5 Å². The molecule has 0 aliphatic rings. The lowest BCUT2D eigenvalue weighted by Gasteiger charge is -2.17. The van der Waals surface area contributed by atoms with Crippen molar-refractivity contribution in [2.45, 2.75) is 33.2 Å². The maximum Gasteiger partial charge on any atom is 0.217 e. The van der Waals surface area contributed by atoms with Crippen molar-refractivity contribution in [2.24, 2.45) is 16.5 Å². The van der Waals surface area contributed by atoms with Gasteiger partial charge in [0.1, 0.15) is 0 Å². The zero-order valence-electron chi connectivity index (χ0n) is 13.3. The van der Waals surface area contributed by atoms with Gasteiger partial charge in [-0.15, -0.1) is 0 Å². The molecule has 0 aliphatic heterocycles. The molecule has 0 saturated heterocycles. The molecule has 23 heavy (non-hydrogen) atoms. The number of carbonyl (C=O) groups is 1. The average molecular weight is 332 g/mol. The van der Waals surface area contributed by atoms with E-state index in [-0.39, 0.29) is 17.9 Å². The van der Waals surface area contributed by atoms with Crippen LogP contribution in [0.2, 0.25) is 0 Å². The van der Waals surface area contributed by atoms with Crippen molar-refractivity contribution in [3.8, 4) is 0 Å². The van der Waals surface area contributed by atoms with Crippen molar-refractivity contribution in [3.63, 3.8) is 0 Å². The summed E-state index contributed by atoms with van der Waals surface area (Å²) < 4.78 is 0. The molecule has 2 rings (SSSR count). The highest BCUT2D eigenvalue weighted by Crippen LogP contribution is 2.29. The van der Waals surface area contributed by atoms with Gasteiger partial charge in [-0.3, -0.25) is 9.78 Å². The maximum atomic E-state index is 11.5. The normalized spacial score (nSPS) is 11.8. The summed E-state index contributed by atoms with van der Waals surface area (Å²) in [5, 5.41) is 3.45. The molecule has 1 atom stereocenters. The molecule has 2 aromatic rings. The fourth-order valence-electron chi connectivity index (χ4n) is 2.17. The highest BCUT2D eigenvalue weighted by Gasteiger charge is 2.18. The third-order valence-corrected chi connectivity index (χ3v) is 4.24. The van der Waals surface area contributed by atoms with E-state index < -0.39 is 0 Å². The van der Waals surface area contributed by atoms with Crippen LogP contribution in [0.25, 0.3) is 0 Å². The zero-order chi connectivity index (χ0) is 17.0. The minimum atomic E-state index is -0.224. The molecule has 0 spiro atoms. The van der Waals surface area contributed by atoms with Gasteiger partial charge >= 0.3 is 0 Å². The van der Waals surface area contributed by atoms with Crippen LogP contribution < -0.4 is 16.8 Å². The van der Waals surface area contributed by atoms with Crippen LogP contribution in [0.15, 0.2) is 23.3 Å². The standard InChI is InChI=1S/C15H20N6OS/c1-8-4-5-18-11(6-8)12(20-10(3)22)7-13-9(2)19-15(23-13)21-14(16)17/h4-6,12H,7H2,1-3H3,(H,20,22)(H4,16,17,19,21). The number of aromatic nitrogens is 2. The van der Waals surface area contributed by atoms with Crippen LogP contribution in [-0.2, 0) is 11.2 Å². The van der Waals surface area contributed by atoms with Crippen LogP contribution in [0.1, 0.15) is 34.8 Å². The summed E-state index contributed by atoms with van der Waals surface area (Å²) in [7, 11) is 0. The van der Waals surface area contributed by atoms with Crippen molar-refractivity contribution < 1.29 is 4.79 Å². The Morgan fingerprint density at radius 3 is 2.78 bits per heavy atom. The molecule has 7 nitrogen and oxygen atoms in total. The van der Waals surface area contributed by atoms with Crippen LogP contribution in [0.3, 0.4) is 0 Å². The summed E-state index contributed by atoms with van der Waals surface area (Å²) in [5.74, 6) is -0.131. The Morgan fingerprint density at radius 2 is 2.17 bits per heavy atom. The van der Waals surface area contributed by atoms with Crippen LogP contribution in [0.4, 0.5) is 5.13 Å². The van der Waals surface area contributed by atoms with E-state index in [1.807, 2.05) is 26.0 Å². The molecule has 8 heteroatoms. The highest BCUT2D eigenvalue weighted by molar-refractivity contribution is 7.15. The second-order valence-corrected chi connectivity index (χ2v) is 6.32. The van der Waals surface area contributed by atoms with Gasteiger partial charge in [-0.2, -0.15) is 4.99 Å². The number of nitrogens with two attached hydrogens (primary N) is 2. The number of nitrogens with zero attached hydrogens (tertiary/aromatic N) is 3. The second-order valence-electron chi connectivity index (χ2n) is 5.26. The quantitative estimate of drug-likeness (QED) is 0.566. The van der Waals surface area contributed by atoms with Gasteiger partial charge < -0.3 is 16.8 Å². The van der Waals surface area contributed by atoms with Gasteiger partial charge in [-0.25, -0.2) is 4.98 Å². The van der Waals surface area contributed by atoms with Crippen molar-refractivity contribution >= 4 is 28.3 Å². The van der Waals surface area contributed by atoms with Gasteiger partial charge in [0.2, 0.25) is 11.0 Å². The Balaban J connectivity index is 2.29. The first-order chi connectivity index (χ1) is 10.8. The smallest absolute Gasteiger partial charge is 0.217 e. The molecule has 0 aliphatic carbocycles. The second kappa shape index (κ2) is 7.19. The molecular formula is C15H20N6OS. The summed E-state index contributed by atoms with van der Waals surface area (Å²) in [4.78, 5) is 25.2. The van der Waals surface area contributed by atoms with E-state index in [1.54, 1.807) is 6.20 Å². The van der Waals surface area contributed by atoms with E-state index in [2.05, 4.69) is 20.3 Å². The number of amides is 1. The number of carbonyl (C=O) groups excluding carboxylic acids is 1. The summed E-state index contributed by atoms with van der Waals surface area (Å²) in [6.07, 6.45) is 2.32. The Labute approximate surface area is 138 Å². The first-order valence-electron chi connectivity index (χ1n) is 7.10. The van der Waals surface area contributed by atoms with Crippen molar-refractivity contribution in [3.05, 3.63) is 40.2 Å². The summed E-state index contributed by atoms with van der Waals surface area (Å²) in [5.41, 5.74) is 13.5. The van der Waals surface area contributed by atoms with E-state index in [1.165, 1.54) is 18.3 Å². The summed E-state index contributed by atoms with van der Waals surface area (Å²) in [6.45, 7) is 5.38. The van der Waals surface area contributed by atoms with Gasteiger partial charge in [0, 0.05) is 24.4 Å². The number of thiazole rings is 1. The zero-order valence-corrected chi connectivity index (χ0v) is 14.1. The molecule has 0 radical (unpaired) electrons. The van der Waals surface area contributed by atoms with E-state index in [0.29, 0.717) is 11.6 Å². The van der Waals surface area contributed by atoms with Crippen LogP contribution in [0, 0.1) is 13.8 Å². The molecule has 0 fully saturated rings. The van der Waals surface area contributed by atoms with E-state index >= 15 is 0 Å². The molecule has 5 N–H and O–H groups in total. The highest BCUT2D eigenvalue weighted by atomic mass is 32.1. The lowest BCUT2D eigenvalue weighted by atomic mass is 10.1. The predicted octanol–water partition coefficient (Wildman–Crippen LogP) is 1.48. The lowest BCUT2D eigenvalue weighted by Crippen LogP contribution is -2.28.